The summed E-state index contributed by atoms with van der Waals surface area (Å²) in [6.07, 6.45) is 8.80. The van der Waals surface area contributed by atoms with E-state index in [0.29, 0.717) is 5.82 Å². The molecule has 3 nitrogen and oxygen atoms in total. The van der Waals surface area contributed by atoms with Crippen molar-refractivity contribution in [2.45, 2.75) is 12.8 Å². The van der Waals surface area contributed by atoms with Crippen LogP contribution in [-0.4, -0.2) is 14.5 Å². The van der Waals surface area contributed by atoms with Gasteiger partial charge in [-0.25, -0.2) is 9.97 Å². The predicted molar refractivity (Wildman–Crippen MR) is 232 cm³/mol. The summed E-state index contributed by atoms with van der Waals surface area (Å²) in [6, 6.07) is 61.2. The molecule has 0 N–H and O–H groups in total. The van der Waals surface area contributed by atoms with Gasteiger partial charge in [-0.15, -0.1) is 0 Å². The van der Waals surface area contributed by atoms with E-state index in [0.717, 1.165) is 40.9 Å². The summed E-state index contributed by atoms with van der Waals surface area (Å²) < 4.78 is 2.48. The number of hydrogen-bond donors (Lipinski definition) is 0. The van der Waals surface area contributed by atoms with E-state index in [1.54, 1.807) is 0 Å². The van der Waals surface area contributed by atoms with Gasteiger partial charge in [0.25, 0.3) is 0 Å². The van der Waals surface area contributed by atoms with Crippen LogP contribution in [0, 0.1) is 0 Å². The van der Waals surface area contributed by atoms with E-state index in [4.69, 9.17) is 9.97 Å². The van der Waals surface area contributed by atoms with Crippen molar-refractivity contribution in [2.75, 3.05) is 0 Å². The van der Waals surface area contributed by atoms with Crippen molar-refractivity contribution in [3.05, 3.63) is 188 Å². The van der Waals surface area contributed by atoms with E-state index < -0.39 is 0 Å². The van der Waals surface area contributed by atoms with Crippen molar-refractivity contribution >= 4 is 59.8 Å². The minimum Gasteiger partial charge on any atom is -0.313 e. The van der Waals surface area contributed by atoms with Gasteiger partial charge < -0.3 is 4.57 Å². The summed E-state index contributed by atoms with van der Waals surface area (Å²) >= 11 is 0. The maximum absolute atomic E-state index is 5.30. The van der Waals surface area contributed by atoms with Crippen molar-refractivity contribution in [2.24, 2.45) is 0 Å². The normalized spacial score (nSPS) is 13.0. The fraction of sp³-hybridized carbons (Fsp3) is 0.0385. The van der Waals surface area contributed by atoms with Crippen LogP contribution < -0.4 is 0 Å². The van der Waals surface area contributed by atoms with Crippen LogP contribution in [0.3, 0.4) is 0 Å². The number of allylic oxidation sites excluding steroid dienone is 4. The molecule has 11 rings (SSSR count). The van der Waals surface area contributed by atoms with Crippen LogP contribution >= 0.6 is 0 Å². The summed E-state index contributed by atoms with van der Waals surface area (Å²) in [6.45, 7) is 0. The largest absolute Gasteiger partial charge is 0.313 e. The van der Waals surface area contributed by atoms with Gasteiger partial charge in [-0.2, -0.15) is 0 Å². The Hall–Kier alpha value is -7.10. The average molecular weight is 702 g/mol. The Morgan fingerprint density at radius 1 is 0.418 bits per heavy atom. The Morgan fingerprint density at radius 3 is 1.82 bits per heavy atom. The highest BCUT2D eigenvalue weighted by Gasteiger charge is 2.19. The number of benzene rings is 8. The molecule has 0 fully saturated rings. The summed E-state index contributed by atoms with van der Waals surface area (Å²) in [5, 5.41) is 9.91. The first-order chi connectivity index (χ1) is 27.3. The van der Waals surface area contributed by atoms with E-state index >= 15 is 0 Å². The Kier molecular flexibility index (Phi) is 7.31. The van der Waals surface area contributed by atoms with Crippen LogP contribution in [0.2, 0.25) is 0 Å². The highest BCUT2D eigenvalue weighted by molar-refractivity contribution is 6.29. The zero-order valence-electron chi connectivity index (χ0n) is 30.2. The van der Waals surface area contributed by atoms with Crippen LogP contribution in [0.25, 0.3) is 105 Å². The van der Waals surface area contributed by atoms with Crippen molar-refractivity contribution in [1.82, 2.24) is 14.5 Å². The fourth-order valence-electron chi connectivity index (χ4n) is 8.69. The lowest BCUT2D eigenvalue weighted by atomic mass is 9.89. The van der Waals surface area contributed by atoms with E-state index in [9.17, 15) is 0 Å². The van der Waals surface area contributed by atoms with Crippen molar-refractivity contribution in [3.63, 3.8) is 0 Å². The van der Waals surface area contributed by atoms with E-state index in [-0.39, 0.29) is 0 Å². The molecule has 0 unspecified atom stereocenters. The lowest BCUT2D eigenvalue weighted by molar-refractivity contribution is 0.979. The third-order valence-electron chi connectivity index (χ3n) is 11.3. The zero-order chi connectivity index (χ0) is 36.3. The SMILES string of the molecule is C1=CCCC(n2c3ccccc3c3ccc(-c4ccc5c6ccccc6c6cccc(-c7cc(-c8ccccc8)nc(-c8ccccc8)n7)c6c5c4)cc32)=C1. The monoisotopic (exact) mass is 701 g/mol. The number of rotatable bonds is 5. The maximum atomic E-state index is 5.30. The second-order valence-corrected chi connectivity index (χ2v) is 14.4. The highest BCUT2D eigenvalue weighted by atomic mass is 15.0. The van der Waals surface area contributed by atoms with Crippen LogP contribution in [0.5, 0.6) is 0 Å². The fourth-order valence-corrected chi connectivity index (χ4v) is 8.69. The molecule has 0 bridgehead atoms. The third kappa shape index (κ3) is 5.20. The van der Waals surface area contributed by atoms with E-state index in [1.165, 1.54) is 70.9 Å². The second kappa shape index (κ2) is 12.8. The summed E-state index contributed by atoms with van der Waals surface area (Å²) in [4.78, 5) is 10.4. The van der Waals surface area contributed by atoms with Gasteiger partial charge in [0.15, 0.2) is 5.82 Å². The highest BCUT2D eigenvalue weighted by Crippen LogP contribution is 2.43. The zero-order valence-corrected chi connectivity index (χ0v) is 30.2. The van der Waals surface area contributed by atoms with Crippen molar-refractivity contribution < 1.29 is 0 Å². The van der Waals surface area contributed by atoms with Gasteiger partial charge in [-0.05, 0) is 86.6 Å². The molecule has 0 saturated carbocycles. The lowest BCUT2D eigenvalue weighted by Crippen LogP contribution is -1.98. The van der Waals surface area contributed by atoms with Gasteiger partial charge in [0.2, 0.25) is 0 Å². The van der Waals surface area contributed by atoms with Gasteiger partial charge in [0.1, 0.15) is 0 Å². The minimum absolute atomic E-state index is 0.715. The molecule has 10 aromatic rings. The minimum atomic E-state index is 0.715. The number of hydrogen-bond acceptors (Lipinski definition) is 2. The van der Waals surface area contributed by atoms with Crippen LogP contribution in [0.4, 0.5) is 0 Å². The molecule has 0 saturated heterocycles. The molecule has 258 valence electrons. The lowest BCUT2D eigenvalue weighted by Gasteiger charge is -2.17. The van der Waals surface area contributed by atoms with E-state index in [2.05, 4.69) is 168 Å². The predicted octanol–water partition coefficient (Wildman–Crippen LogP) is 13.9. The average Bonchev–Trinajstić information content (AvgIpc) is 3.60. The Labute approximate surface area is 319 Å². The molecule has 0 aliphatic heterocycles. The third-order valence-corrected chi connectivity index (χ3v) is 11.3. The smallest absolute Gasteiger partial charge is 0.160 e. The molecule has 0 amide bonds. The van der Waals surface area contributed by atoms with Crippen LogP contribution in [-0.2, 0) is 0 Å². The summed E-state index contributed by atoms with van der Waals surface area (Å²) in [7, 11) is 0. The topological polar surface area (TPSA) is 30.7 Å². The number of nitrogens with zero attached hydrogens (tertiary/aromatic N) is 3. The molecule has 8 aromatic carbocycles. The molecule has 0 spiro atoms. The number of para-hydroxylation sites is 1. The van der Waals surface area contributed by atoms with Gasteiger partial charge in [0.05, 0.1) is 22.4 Å². The second-order valence-electron chi connectivity index (χ2n) is 14.4. The maximum Gasteiger partial charge on any atom is 0.160 e. The first kappa shape index (κ1) is 31.4. The van der Waals surface area contributed by atoms with Gasteiger partial charge in [-0.3, -0.25) is 0 Å². The molecular weight excluding hydrogens is 667 g/mol. The molecule has 2 aromatic heterocycles. The van der Waals surface area contributed by atoms with Crippen molar-refractivity contribution in [1.29, 1.82) is 0 Å². The van der Waals surface area contributed by atoms with Crippen LogP contribution in [0.1, 0.15) is 12.8 Å². The molecule has 1 aliphatic rings. The molecular formula is C52H35N3. The quantitative estimate of drug-likeness (QED) is 0.167. The standard InChI is InChI=1S/C52H35N3/c1-4-15-34(16-5-1)47-33-48(54-52(53-47)35-17-6-2-7-18-35)45-25-14-24-44-40-22-11-10-21-39(40)41-29-27-36(31-46(41)51(44)45)37-28-30-43-42-23-12-13-26-49(42)55(50(43)32-37)38-19-8-3-9-20-38/h1-8,10-19,21-33H,9,20H2. The number of fused-ring (bicyclic) bond motifs is 9. The summed E-state index contributed by atoms with van der Waals surface area (Å²) in [5.41, 5.74) is 11.2. The van der Waals surface area contributed by atoms with Gasteiger partial charge in [-0.1, -0.05) is 158 Å². The Bertz CT molecular complexity index is 3130. The molecule has 3 heteroatoms. The van der Waals surface area contributed by atoms with E-state index in [1.807, 2.05) is 24.3 Å². The van der Waals surface area contributed by atoms with Crippen molar-refractivity contribution in [3.8, 4) is 45.0 Å². The number of aromatic nitrogens is 3. The summed E-state index contributed by atoms with van der Waals surface area (Å²) in [5.74, 6) is 0.715. The molecule has 1 aliphatic carbocycles. The molecule has 55 heavy (non-hydrogen) atoms. The van der Waals surface area contributed by atoms with Crippen LogP contribution in [0.15, 0.2) is 188 Å². The first-order valence-corrected chi connectivity index (χ1v) is 19.1. The van der Waals surface area contributed by atoms with Gasteiger partial charge >= 0.3 is 0 Å². The Balaban J connectivity index is 1.18. The first-order valence-electron chi connectivity index (χ1n) is 19.1. The molecule has 0 atom stereocenters. The molecule has 0 radical (unpaired) electrons. The van der Waals surface area contributed by atoms with Gasteiger partial charge in [0, 0.05) is 33.2 Å². The Morgan fingerprint density at radius 2 is 1.04 bits per heavy atom. The molecule has 2 heterocycles.